The Morgan fingerprint density at radius 2 is 1.20 bits per heavy atom. The third-order valence-electron chi connectivity index (χ3n) is 4.04. The molecule has 118 valence electrons. The lowest BCUT2D eigenvalue weighted by atomic mass is 9.86. The molecule has 0 bridgehead atoms. The van der Waals surface area contributed by atoms with Gasteiger partial charge in [-0.05, 0) is 40.5 Å². The van der Waals surface area contributed by atoms with Crippen LogP contribution in [0.1, 0.15) is 40.5 Å². The lowest BCUT2D eigenvalue weighted by Gasteiger charge is -2.31. The molecule has 0 aromatic carbocycles. The van der Waals surface area contributed by atoms with Crippen LogP contribution < -0.4 is 0 Å². The van der Waals surface area contributed by atoms with Gasteiger partial charge in [0.05, 0.1) is 12.2 Å². The molecule has 0 N–H and O–H groups in total. The molecule has 0 spiro atoms. The number of hydrogen-bond donors (Lipinski definition) is 0. The molecule has 2 aliphatic heterocycles. The first-order valence-corrected chi connectivity index (χ1v) is 9.12. The van der Waals surface area contributed by atoms with E-state index in [9.17, 15) is 17.5 Å². The van der Waals surface area contributed by atoms with Crippen LogP contribution in [0, 0.1) is 0 Å². The Bertz CT molecular complexity index is 458. The van der Waals surface area contributed by atoms with Crippen LogP contribution in [0.25, 0.3) is 0 Å². The SMILES string of the molecule is CC1OP(=O)(F)OC1(C)CCC1(C)OP(=O)(F)OC1C. The fourth-order valence-electron chi connectivity index (χ4n) is 2.28. The molecule has 2 saturated heterocycles. The van der Waals surface area contributed by atoms with Crippen molar-refractivity contribution in [1.82, 2.24) is 0 Å². The summed E-state index contributed by atoms with van der Waals surface area (Å²) < 4.78 is 68.0. The zero-order valence-corrected chi connectivity index (χ0v) is 13.5. The predicted octanol–water partition coefficient (Wildman–Crippen LogP) is 4.31. The molecule has 6 atom stereocenters. The van der Waals surface area contributed by atoms with Crippen molar-refractivity contribution in [2.75, 3.05) is 0 Å². The van der Waals surface area contributed by atoms with Gasteiger partial charge < -0.3 is 0 Å². The van der Waals surface area contributed by atoms with Crippen molar-refractivity contribution in [2.45, 2.75) is 63.9 Å². The number of hydrogen-bond acceptors (Lipinski definition) is 6. The summed E-state index contributed by atoms with van der Waals surface area (Å²) in [6, 6.07) is 0. The Labute approximate surface area is 116 Å². The molecule has 2 fully saturated rings. The number of rotatable bonds is 3. The highest BCUT2D eigenvalue weighted by Crippen LogP contribution is 2.65. The van der Waals surface area contributed by atoms with Gasteiger partial charge in [-0.15, -0.1) is 8.39 Å². The Balaban J connectivity index is 2.06. The van der Waals surface area contributed by atoms with Gasteiger partial charge in [-0.1, -0.05) is 0 Å². The minimum Gasteiger partial charge on any atom is -0.277 e. The zero-order chi connectivity index (χ0) is 15.4. The Hall–Kier alpha value is 0.160. The maximum atomic E-state index is 13.3. The summed E-state index contributed by atoms with van der Waals surface area (Å²) in [5.74, 6) is 0. The van der Waals surface area contributed by atoms with Gasteiger partial charge in [-0.25, -0.2) is 9.13 Å². The average Bonchev–Trinajstić information content (AvgIpc) is 2.56. The number of halogens is 2. The Morgan fingerprint density at radius 1 is 0.900 bits per heavy atom. The third-order valence-corrected chi connectivity index (χ3v) is 6.45. The summed E-state index contributed by atoms with van der Waals surface area (Å²) in [5.41, 5.74) is -2.25. The summed E-state index contributed by atoms with van der Waals surface area (Å²) in [6.07, 6.45) is -1.08. The molecule has 0 aromatic heterocycles. The summed E-state index contributed by atoms with van der Waals surface area (Å²) in [7, 11) is -9.09. The van der Waals surface area contributed by atoms with Gasteiger partial charge in [0.15, 0.2) is 0 Å². The van der Waals surface area contributed by atoms with E-state index in [0.29, 0.717) is 0 Å². The van der Waals surface area contributed by atoms with Crippen molar-refractivity contribution in [3.63, 3.8) is 0 Å². The largest absolute Gasteiger partial charge is 0.514 e. The lowest BCUT2D eigenvalue weighted by Crippen LogP contribution is -2.40. The van der Waals surface area contributed by atoms with E-state index >= 15 is 0 Å². The van der Waals surface area contributed by atoms with Gasteiger partial charge in [0.25, 0.3) is 0 Å². The third kappa shape index (κ3) is 3.16. The molecule has 10 heteroatoms. The second kappa shape index (κ2) is 4.83. The first-order chi connectivity index (χ1) is 8.88. The standard InChI is InChI=1S/C10H18F2O6P2/c1-7-9(3,17-19(11,13)15-7)5-6-10(4)8(2)16-20(12,14)18-10/h7-8H,5-6H2,1-4H3. The molecule has 0 aliphatic carbocycles. The molecular formula is C10H18F2O6P2. The van der Waals surface area contributed by atoms with E-state index in [4.69, 9.17) is 9.05 Å². The van der Waals surface area contributed by atoms with Crippen LogP contribution in [0.4, 0.5) is 8.39 Å². The van der Waals surface area contributed by atoms with E-state index in [2.05, 4.69) is 9.05 Å². The van der Waals surface area contributed by atoms with E-state index in [1.807, 2.05) is 0 Å². The van der Waals surface area contributed by atoms with Crippen LogP contribution in [0.5, 0.6) is 0 Å². The first-order valence-electron chi connectivity index (χ1n) is 6.25. The predicted molar refractivity (Wildman–Crippen MR) is 66.7 cm³/mol. The van der Waals surface area contributed by atoms with E-state index in [0.717, 1.165) is 0 Å². The van der Waals surface area contributed by atoms with Crippen LogP contribution in [-0.2, 0) is 27.2 Å². The van der Waals surface area contributed by atoms with E-state index in [-0.39, 0.29) is 12.8 Å². The van der Waals surface area contributed by atoms with Crippen LogP contribution in [0.15, 0.2) is 0 Å². The summed E-state index contributed by atoms with van der Waals surface area (Å²) in [6.45, 7) is 6.18. The van der Waals surface area contributed by atoms with Crippen molar-refractivity contribution in [3.05, 3.63) is 0 Å². The molecule has 2 rings (SSSR count). The van der Waals surface area contributed by atoms with Crippen LogP contribution in [-0.4, -0.2) is 23.4 Å². The topological polar surface area (TPSA) is 71.1 Å². The minimum atomic E-state index is -4.55. The fraction of sp³-hybridized carbons (Fsp3) is 1.00. The summed E-state index contributed by atoms with van der Waals surface area (Å²) >= 11 is 0. The van der Waals surface area contributed by atoms with Crippen LogP contribution in [0.3, 0.4) is 0 Å². The van der Waals surface area contributed by atoms with E-state index in [1.54, 1.807) is 13.8 Å². The molecule has 6 unspecified atom stereocenters. The van der Waals surface area contributed by atoms with Crippen molar-refractivity contribution < 1.29 is 35.6 Å². The summed E-state index contributed by atoms with van der Waals surface area (Å²) in [4.78, 5) is 0. The van der Waals surface area contributed by atoms with Crippen molar-refractivity contribution >= 4 is 15.8 Å². The molecule has 0 radical (unpaired) electrons. The van der Waals surface area contributed by atoms with Crippen molar-refractivity contribution in [1.29, 1.82) is 0 Å². The molecule has 0 amide bonds. The van der Waals surface area contributed by atoms with Gasteiger partial charge in [-0.2, -0.15) is 0 Å². The van der Waals surface area contributed by atoms with E-state index in [1.165, 1.54) is 13.8 Å². The molecule has 20 heavy (non-hydrogen) atoms. The van der Waals surface area contributed by atoms with Gasteiger partial charge in [-0.3, -0.25) is 18.1 Å². The van der Waals surface area contributed by atoms with Crippen LogP contribution in [0.2, 0.25) is 0 Å². The average molecular weight is 334 g/mol. The maximum absolute atomic E-state index is 13.3. The molecule has 0 saturated carbocycles. The van der Waals surface area contributed by atoms with Gasteiger partial charge in [0.1, 0.15) is 11.2 Å². The molecular weight excluding hydrogens is 316 g/mol. The van der Waals surface area contributed by atoms with Gasteiger partial charge in [0.2, 0.25) is 0 Å². The lowest BCUT2D eigenvalue weighted by molar-refractivity contribution is 0.00399. The molecule has 2 heterocycles. The summed E-state index contributed by atoms with van der Waals surface area (Å²) in [5, 5.41) is 0. The smallest absolute Gasteiger partial charge is 0.277 e. The highest BCUT2D eigenvalue weighted by molar-refractivity contribution is 7.48. The highest BCUT2D eigenvalue weighted by Gasteiger charge is 2.55. The monoisotopic (exact) mass is 334 g/mol. The fourth-order valence-corrected chi connectivity index (χ4v) is 5.05. The minimum absolute atomic E-state index is 0.187. The van der Waals surface area contributed by atoms with Crippen molar-refractivity contribution in [2.24, 2.45) is 0 Å². The second-order valence-electron chi connectivity index (χ2n) is 5.66. The quantitative estimate of drug-likeness (QED) is 0.716. The van der Waals surface area contributed by atoms with Crippen LogP contribution >= 0.6 is 15.8 Å². The first kappa shape index (κ1) is 16.5. The zero-order valence-electron chi connectivity index (χ0n) is 11.7. The highest BCUT2D eigenvalue weighted by atomic mass is 31.2. The molecule has 6 nitrogen and oxygen atoms in total. The van der Waals surface area contributed by atoms with E-state index < -0.39 is 39.2 Å². The van der Waals surface area contributed by atoms with Gasteiger partial charge >= 0.3 is 15.8 Å². The maximum Gasteiger partial charge on any atom is 0.514 e. The molecule has 2 aliphatic rings. The van der Waals surface area contributed by atoms with Gasteiger partial charge in [0, 0.05) is 0 Å². The molecule has 0 aromatic rings. The Morgan fingerprint density at radius 3 is 1.40 bits per heavy atom. The normalized spacial score (nSPS) is 56.3. The van der Waals surface area contributed by atoms with Crippen molar-refractivity contribution in [3.8, 4) is 0 Å². The Kier molecular flexibility index (Phi) is 3.99. The second-order valence-corrected chi connectivity index (χ2v) is 8.17.